The van der Waals surface area contributed by atoms with Crippen LogP contribution in [0.1, 0.15) is 23.6 Å². The topological polar surface area (TPSA) is 84.9 Å². The van der Waals surface area contributed by atoms with E-state index in [-0.39, 0.29) is 30.2 Å². The van der Waals surface area contributed by atoms with Crippen molar-refractivity contribution in [2.24, 2.45) is 0 Å². The summed E-state index contributed by atoms with van der Waals surface area (Å²) in [4.78, 5) is 39.3. The molecule has 0 radical (unpaired) electrons. The fraction of sp³-hybridized carbons (Fsp3) is 0.179. The number of anilines is 1. The van der Waals surface area contributed by atoms with Crippen LogP contribution in [0.2, 0.25) is 5.02 Å². The van der Waals surface area contributed by atoms with Crippen molar-refractivity contribution in [3.63, 3.8) is 0 Å². The van der Waals surface area contributed by atoms with E-state index < -0.39 is 0 Å². The molecule has 1 N–H and O–H groups in total. The van der Waals surface area contributed by atoms with Crippen LogP contribution in [0.4, 0.5) is 10.5 Å². The van der Waals surface area contributed by atoms with Crippen LogP contribution in [-0.2, 0) is 16.1 Å². The van der Waals surface area contributed by atoms with Crippen molar-refractivity contribution in [1.82, 2.24) is 4.90 Å². The predicted molar refractivity (Wildman–Crippen MR) is 146 cm³/mol. The second-order valence-corrected chi connectivity index (χ2v) is 9.67. The van der Waals surface area contributed by atoms with Crippen molar-refractivity contribution >= 4 is 52.2 Å². The lowest BCUT2D eigenvalue weighted by atomic mass is 10.1. The van der Waals surface area contributed by atoms with Crippen LogP contribution in [0.5, 0.6) is 11.5 Å². The molecule has 1 fully saturated rings. The van der Waals surface area contributed by atoms with E-state index in [1.165, 1.54) is 4.90 Å². The predicted octanol–water partition coefficient (Wildman–Crippen LogP) is 6.30. The van der Waals surface area contributed by atoms with Gasteiger partial charge >= 0.3 is 0 Å². The lowest BCUT2D eigenvalue weighted by molar-refractivity contribution is -0.123. The van der Waals surface area contributed by atoms with Gasteiger partial charge in [-0.25, -0.2) is 0 Å². The Kier molecular flexibility index (Phi) is 8.53. The molecule has 0 spiro atoms. The minimum absolute atomic E-state index is 0.220. The maximum absolute atomic E-state index is 12.9. The number of thioether (sulfide) groups is 1. The monoisotopic (exact) mass is 536 g/mol. The molecular formula is C28H25ClN2O5S. The second kappa shape index (κ2) is 12.0. The third-order valence-corrected chi connectivity index (χ3v) is 6.55. The number of benzene rings is 3. The Morgan fingerprint density at radius 1 is 1.00 bits per heavy atom. The van der Waals surface area contributed by atoms with E-state index in [0.29, 0.717) is 39.3 Å². The van der Waals surface area contributed by atoms with Gasteiger partial charge in [0.1, 0.15) is 0 Å². The molecule has 9 heteroatoms. The number of hydrogen-bond acceptors (Lipinski definition) is 6. The molecule has 0 unspecified atom stereocenters. The largest absolute Gasteiger partial charge is 0.490 e. The maximum atomic E-state index is 12.9. The molecule has 3 amide bonds. The molecule has 0 atom stereocenters. The number of nitrogens with zero attached hydrogens (tertiary/aromatic N) is 1. The third-order valence-electron chi connectivity index (χ3n) is 5.39. The molecule has 4 rings (SSSR count). The van der Waals surface area contributed by atoms with Crippen LogP contribution < -0.4 is 14.8 Å². The Labute approximate surface area is 224 Å². The summed E-state index contributed by atoms with van der Waals surface area (Å²) in [6.45, 7) is 4.19. The number of halogens is 1. The molecule has 0 bridgehead atoms. The van der Waals surface area contributed by atoms with E-state index in [0.717, 1.165) is 22.9 Å². The molecular weight excluding hydrogens is 512 g/mol. The first kappa shape index (κ1) is 26.3. The minimum Gasteiger partial charge on any atom is -0.490 e. The Bertz CT molecular complexity index is 1340. The van der Waals surface area contributed by atoms with Gasteiger partial charge in [0.25, 0.3) is 17.1 Å². The third kappa shape index (κ3) is 6.93. The molecule has 37 heavy (non-hydrogen) atoms. The smallest absolute Gasteiger partial charge is 0.293 e. The quantitative estimate of drug-likeness (QED) is 0.323. The van der Waals surface area contributed by atoms with E-state index in [1.807, 2.05) is 38.1 Å². The summed E-state index contributed by atoms with van der Waals surface area (Å²) in [5, 5.41) is 3.00. The zero-order valence-corrected chi connectivity index (χ0v) is 21.9. The summed E-state index contributed by atoms with van der Waals surface area (Å²) in [6.07, 6.45) is 1.65. The molecule has 7 nitrogen and oxygen atoms in total. The van der Waals surface area contributed by atoms with Crippen LogP contribution in [-0.4, -0.2) is 35.2 Å². The highest BCUT2D eigenvalue weighted by Crippen LogP contribution is 2.35. The normalized spacial score (nSPS) is 14.2. The number of imide groups is 1. The average Bonchev–Trinajstić information content (AvgIpc) is 3.13. The van der Waals surface area contributed by atoms with E-state index in [1.54, 1.807) is 48.5 Å². The first-order valence-corrected chi connectivity index (χ1v) is 12.8. The van der Waals surface area contributed by atoms with Gasteiger partial charge in [-0.15, -0.1) is 0 Å². The standard InChI is InChI=1S/C28H25ClN2O5S/c1-3-35-24-14-20(8-13-23(24)36-17-26(32)30-22-11-9-21(29)10-12-22)15-25-27(33)31(28(34)37-25)16-19-6-4-18(2)5-7-19/h4-15H,3,16-17H2,1-2H3,(H,30,32)/b25-15-. The molecule has 1 heterocycles. The SMILES string of the molecule is CCOc1cc(/C=C2\SC(=O)N(Cc3ccc(C)cc3)C2=O)ccc1OCC(=O)Nc1ccc(Cl)cc1. The number of aryl methyl sites for hydroxylation is 1. The number of carbonyl (C=O) groups is 3. The van der Waals surface area contributed by atoms with E-state index in [4.69, 9.17) is 21.1 Å². The molecule has 190 valence electrons. The fourth-order valence-corrected chi connectivity index (χ4v) is 4.50. The molecule has 1 saturated heterocycles. The summed E-state index contributed by atoms with van der Waals surface area (Å²) >= 11 is 6.77. The Morgan fingerprint density at radius 3 is 2.43 bits per heavy atom. The molecule has 0 saturated carbocycles. The van der Waals surface area contributed by atoms with Crippen molar-refractivity contribution in [1.29, 1.82) is 0 Å². The zero-order valence-electron chi connectivity index (χ0n) is 20.3. The highest BCUT2D eigenvalue weighted by Gasteiger charge is 2.35. The number of nitrogens with one attached hydrogen (secondary N) is 1. The number of ether oxygens (including phenoxy) is 2. The van der Waals surface area contributed by atoms with Crippen LogP contribution in [0.3, 0.4) is 0 Å². The van der Waals surface area contributed by atoms with Gasteiger partial charge in [0, 0.05) is 10.7 Å². The van der Waals surface area contributed by atoms with Gasteiger partial charge in [0.15, 0.2) is 18.1 Å². The molecule has 0 aromatic heterocycles. The van der Waals surface area contributed by atoms with Crippen LogP contribution in [0, 0.1) is 6.92 Å². The van der Waals surface area contributed by atoms with Crippen molar-refractivity contribution in [2.75, 3.05) is 18.5 Å². The number of hydrogen-bond donors (Lipinski definition) is 1. The second-order valence-electron chi connectivity index (χ2n) is 8.24. The first-order chi connectivity index (χ1) is 17.8. The molecule has 3 aromatic rings. The van der Waals surface area contributed by atoms with Crippen molar-refractivity contribution in [3.8, 4) is 11.5 Å². The summed E-state index contributed by atoms with van der Waals surface area (Å²) in [6, 6.07) is 19.6. The Hall–Kier alpha value is -3.75. The molecule has 0 aliphatic carbocycles. The lowest BCUT2D eigenvalue weighted by Gasteiger charge is -2.13. The fourth-order valence-electron chi connectivity index (χ4n) is 3.54. The van der Waals surface area contributed by atoms with Gasteiger partial charge in [-0.2, -0.15) is 0 Å². The van der Waals surface area contributed by atoms with Gasteiger partial charge in [-0.05, 0) is 79.2 Å². The van der Waals surface area contributed by atoms with Gasteiger partial charge in [0.05, 0.1) is 18.1 Å². The van der Waals surface area contributed by atoms with Crippen molar-refractivity contribution in [2.45, 2.75) is 20.4 Å². The first-order valence-electron chi connectivity index (χ1n) is 11.6. The molecule has 1 aliphatic rings. The van der Waals surface area contributed by atoms with Crippen LogP contribution in [0.15, 0.2) is 71.6 Å². The Morgan fingerprint density at radius 2 is 1.73 bits per heavy atom. The summed E-state index contributed by atoms with van der Waals surface area (Å²) in [5.74, 6) is 0.135. The molecule has 1 aliphatic heterocycles. The Balaban J connectivity index is 1.43. The van der Waals surface area contributed by atoms with E-state index >= 15 is 0 Å². The highest BCUT2D eigenvalue weighted by molar-refractivity contribution is 8.18. The minimum atomic E-state index is -0.340. The maximum Gasteiger partial charge on any atom is 0.293 e. The lowest BCUT2D eigenvalue weighted by Crippen LogP contribution is -2.27. The van der Waals surface area contributed by atoms with Crippen LogP contribution in [0.25, 0.3) is 6.08 Å². The van der Waals surface area contributed by atoms with E-state index in [2.05, 4.69) is 5.32 Å². The highest BCUT2D eigenvalue weighted by atomic mass is 35.5. The van der Waals surface area contributed by atoms with E-state index in [9.17, 15) is 14.4 Å². The summed E-state index contributed by atoms with van der Waals surface area (Å²) < 4.78 is 11.4. The summed E-state index contributed by atoms with van der Waals surface area (Å²) in [7, 11) is 0. The van der Waals surface area contributed by atoms with Gasteiger partial charge in [0.2, 0.25) is 0 Å². The average molecular weight is 537 g/mol. The summed E-state index contributed by atoms with van der Waals surface area (Å²) in [5.41, 5.74) is 3.27. The van der Waals surface area contributed by atoms with Gasteiger partial charge in [-0.1, -0.05) is 47.5 Å². The number of carbonyl (C=O) groups excluding carboxylic acids is 3. The van der Waals surface area contributed by atoms with Gasteiger partial charge in [-0.3, -0.25) is 19.3 Å². The van der Waals surface area contributed by atoms with Crippen molar-refractivity contribution < 1.29 is 23.9 Å². The number of amides is 3. The zero-order chi connectivity index (χ0) is 26.4. The number of rotatable bonds is 9. The molecule has 3 aromatic carbocycles. The van der Waals surface area contributed by atoms with Crippen LogP contribution >= 0.6 is 23.4 Å². The van der Waals surface area contributed by atoms with Crippen molar-refractivity contribution in [3.05, 3.63) is 93.3 Å². The van der Waals surface area contributed by atoms with Gasteiger partial charge < -0.3 is 14.8 Å².